The summed E-state index contributed by atoms with van der Waals surface area (Å²) in [7, 11) is 0. The van der Waals surface area contributed by atoms with Gasteiger partial charge in [0.25, 0.3) is 5.91 Å². The van der Waals surface area contributed by atoms with Crippen LogP contribution in [0.25, 0.3) is 6.08 Å². The van der Waals surface area contributed by atoms with Gasteiger partial charge in [-0.25, -0.2) is 0 Å². The lowest BCUT2D eigenvalue weighted by Crippen LogP contribution is -2.28. The Morgan fingerprint density at radius 2 is 2.26 bits per heavy atom. The minimum atomic E-state index is 0.00682. The highest BCUT2D eigenvalue weighted by molar-refractivity contribution is 14.1. The number of nitrogens with zero attached hydrogens (tertiary/aromatic N) is 2. The summed E-state index contributed by atoms with van der Waals surface area (Å²) in [6.45, 7) is 5.45. The maximum Gasteiger partial charge on any atom is 0.266 e. The zero-order valence-electron chi connectivity index (χ0n) is 13.0. The Kier molecular flexibility index (Phi) is 6.54. The van der Waals surface area contributed by atoms with E-state index in [4.69, 9.17) is 11.2 Å². The van der Waals surface area contributed by atoms with Crippen molar-refractivity contribution >= 4 is 51.5 Å². The van der Waals surface area contributed by atoms with Gasteiger partial charge in [-0.3, -0.25) is 14.7 Å². The molecule has 0 spiro atoms. The first-order valence-corrected chi connectivity index (χ1v) is 9.11. The monoisotopic (exact) mass is 440 g/mol. The predicted octanol–water partition coefficient (Wildman–Crippen LogP) is 3.62. The van der Waals surface area contributed by atoms with E-state index in [0.717, 1.165) is 20.1 Å². The normalized spacial score (nSPS) is 17.8. The Morgan fingerprint density at radius 1 is 1.48 bits per heavy atom. The summed E-state index contributed by atoms with van der Waals surface area (Å²) in [6, 6.07) is 5.76. The van der Waals surface area contributed by atoms with E-state index in [9.17, 15) is 4.79 Å². The van der Waals surface area contributed by atoms with Gasteiger partial charge in [0.15, 0.2) is 5.17 Å². The Bertz CT molecular complexity index is 707. The Labute approximate surface area is 154 Å². The highest BCUT2D eigenvalue weighted by Gasteiger charge is 2.31. The molecule has 0 atom stereocenters. The molecule has 4 nitrogen and oxygen atoms in total. The van der Waals surface area contributed by atoms with E-state index in [0.29, 0.717) is 18.0 Å². The fraction of sp³-hybridized carbons (Fsp3) is 0.294. The first-order valence-electron chi connectivity index (χ1n) is 7.22. The highest BCUT2D eigenvalue weighted by Crippen LogP contribution is 2.33. The molecule has 6 heteroatoms. The van der Waals surface area contributed by atoms with Crippen LogP contribution in [0.4, 0.5) is 0 Å². The summed E-state index contributed by atoms with van der Waals surface area (Å²) >= 11 is 3.62. The van der Waals surface area contributed by atoms with Crippen molar-refractivity contribution in [3.05, 3.63) is 32.2 Å². The maximum atomic E-state index is 12.4. The summed E-state index contributed by atoms with van der Waals surface area (Å²) in [5.74, 6) is 3.20. The number of benzene rings is 1. The first-order chi connectivity index (χ1) is 11.1. The van der Waals surface area contributed by atoms with Crippen LogP contribution < -0.4 is 4.74 Å². The lowest BCUT2D eigenvalue weighted by molar-refractivity contribution is -0.122. The quantitative estimate of drug-likeness (QED) is 0.399. The van der Waals surface area contributed by atoms with Crippen LogP contribution in [0.1, 0.15) is 19.4 Å². The number of carbonyl (C=O) groups is 1. The van der Waals surface area contributed by atoms with E-state index in [1.54, 1.807) is 4.90 Å². The molecule has 0 N–H and O–H groups in total. The third-order valence-electron chi connectivity index (χ3n) is 3.06. The van der Waals surface area contributed by atoms with Crippen molar-refractivity contribution < 1.29 is 9.53 Å². The van der Waals surface area contributed by atoms with Crippen LogP contribution in [-0.2, 0) is 4.79 Å². The molecule has 0 bridgehead atoms. The molecule has 1 amide bonds. The molecule has 120 valence electrons. The molecule has 23 heavy (non-hydrogen) atoms. The van der Waals surface area contributed by atoms with Crippen LogP contribution in [0.3, 0.4) is 0 Å². The summed E-state index contributed by atoms with van der Waals surface area (Å²) < 4.78 is 6.41. The van der Waals surface area contributed by atoms with Gasteiger partial charge in [-0.1, -0.05) is 12.0 Å². The summed E-state index contributed by atoms with van der Waals surface area (Å²) in [5.41, 5.74) is 0.951. The van der Waals surface area contributed by atoms with Crippen molar-refractivity contribution in [1.29, 1.82) is 0 Å². The van der Waals surface area contributed by atoms with Gasteiger partial charge in [-0.2, -0.15) is 0 Å². The molecule has 1 aliphatic rings. The van der Waals surface area contributed by atoms with Crippen molar-refractivity contribution in [2.75, 3.05) is 19.7 Å². The fourth-order valence-corrected chi connectivity index (χ4v) is 3.83. The number of hydrogen-bond donors (Lipinski definition) is 0. The average Bonchev–Trinajstić information content (AvgIpc) is 2.82. The van der Waals surface area contributed by atoms with Crippen LogP contribution in [0.5, 0.6) is 5.75 Å². The van der Waals surface area contributed by atoms with E-state index in [1.807, 2.05) is 38.1 Å². The number of rotatable bonds is 5. The third kappa shape index (κ3) is 4.30. The minimum Gasteiger partial charge on any atom is -0.480 e. The Hall–Kier alpha value is -1.46. The average molecular weight is 440 g/mol. The van der Waals surface area contributed by atoms with E-state index in [-0.39, 0.29) is 12.5 Å². The largest absolute Gasteiger partial charge is 0.480 e. The SMILES string of the molecule is C#CCOc1ccc(/C=C2/SC(=NCC)N(CC)C2=O)cc1I. The smallest absolute Gasteiger partial charge is 0.266 e. The zero-order chi connectivity index (χ0) is 16.8. The lowest BCUT2D eigenvalue weighted by Gasteiger charge is -2.11. The molecule has 1 fully saturated rings. The van der Waals surface area contributed by atoms with E-state index >= 15 is 0 Å². The molecule has 0 unspecified atom stereocenters. The molecule has 1 saturated heterocycles. The van der Waals surface area contributed by atoms with Crippen molar-refractivity contribution in [2.45, 2.75) is 13.8 Å². The van der Waals surface area contributed by atoms with E-state index < -0.39 is 0 Å². The molecule has 0 radical (unpaired) electrons. The number of carbonyl (C=O) groups excluding carboxylic acids is 1. The van der Waals surface area contributed by atoms with Crippen LogP contribution in [0.15, 0.2) is 28.1 Å². The van der Waals surface area contributed by atoms with Gasteiger partial charge < -0.3 is 4.74 Å². The van der Waals surface area contributed by atoms with Crippen molar-refractivity contribution in [1.82, 2.24) is 4.90 Å². The molecule has 1 aliphatic heterocycles. The van der Waals surface area contributed by atoms with Crippen molar-refractivity contribution in [2.24, 2.45) is 4.99 Å². The summed E-state index contributed by atoms with van der Waals surface area (Å²) in [5, 5.41) is 0.773. The Morgan fingerprint density at radius 3 is 2.87 bits per heavy atom. The molecule has 1 heterocycles. The number of amides is 1. The molecule has 1 aromatic carbocycles. The maximum absolute atomic E-state index is 12.4. The lowest BCUT2D eigenvalue weighted by atomic mass is 10.2. The van der Waals surface area contributed by atoms with Crippen LogP contribution in [-0.4, -0.2) is 35.7 Å². The molecule has 1 aromatic rings. The topological polar surface area (TPSA) is 41.9 Å². The Balaban J connectivity index is 2.25. The zero-order valence-corrected chi connectivity index (χ0v) is 16.0. The van der Waals surface area contributed by atoms with Gasteiger partial charge in [-0.15, -0.1) is 6.42 Å². The fourth-order valence-electron chi connectivity index (χ4n) is 2.03. The number of halogens is 1. The first kappa shape index (κ1) is 17.9. The van der Waals surface area contributed by atoms with Crippen molar-refractivity contribution in [3.63, 3.8) is 0 Å². The number of ether oxygens (including phenoxy) is 1. The molecular formula is C17H17IN2O2S. The number of hydrogen-bond acceptors (Lipinski definition) is 4. The molecular weight excluding hydrogens is 423 g/mol. The number of likely N-dealkylation sites (N-methyl/N-ethyl adjacent to an activating group) is 1. The second kappa shape index (κ2) is 8.41. The number of terminal acetylenes is 1. The van der Waals surface area contributed by atoms with Gasteiger partial charge in [-0.05, 0) is 72.0 Å². The third-order valence-corrected chi connectivity index (χ3v) is 4.95. The van der Waals surface area contributed by atoms with Gasteiger partial charge in [0.05, 0.1) is 8.48 Å². The molecule has 0 aromatic heterocycles. The van der Waals surface area contributed by atoms with Crippen LogP contribution >= 0.6 is 34.4 Å². The van der Waals surface area contributed by atoms with E-state index in [1.165, 1.54) is 11.8 Å². The summed E-state index contributed by atoms with van der Waals surface area (Å²) in [4.78, 5) is 19.2. The number of amidine groups is 1. The van der Waals surface area contributed by atoms with Gasteiger partial charge in [0.2, 0.25) is 0 Å². The second-order valence-corrected chi connectivity index (χ2v) is 6.77. The van der Waals surface area contributed by atoms with Crippen molar-refractivity contribution in [3.8, 4) is 18.1 Å². The van der Waals surface area contributed by atoms with Crippen LogP contribution in [0.2, 0.25) is 0 Å². The number of aliphatic imine (C=N–C) groups is 1. The molecule has 0 aliphatic carbocycles. The van der Waals surface area contributed by atoms with Gasteiger partial charge >= 0.3 is 0 Å². The van der Waals surface area contributed by atoms with Gasteiger partial charge in [0, 0.05) is 13.1 Å². The van der Waals surface area contributed by atoms with E-state index in [2.05, 4.69) is 33.5 Å². The molecule has 2 rings (SSSR count). The highest BCUT2D eigenvalue weighted by atomic mass is 127. The predicted molar refractivity (Wildman–Crippen MR) is 104 cm³/mol. The standard InChI is InChI=1S/C17H17IN2O2S/c1-4-9-22-14-8-7-12(10-13(14)18)11-15-16(21)20(6-3)17(23-15)19-5-2/h1,7-8,10-11H,5-6,9H2,2-3H3/b15-11+,19-17?. The minimum absolute atomic E-state index is 0.00682. The second-order valence-electron chi connectivity index (χ2n) is 4.60. The van der Waals surface area contributed by atoms with Crippen LogP contribution in [0, 0.1) is 15.9 Å². The van der Waals surface area contributed by atoms with Gasteiger partial charge in [0.1, 0.15) is 12.4 Å². The summed E-state index contributed by atoms with van der Waals surface area (Å²) in [6.07, 6.45) is 7.09. The number of thioether (sulfide) groups is 1. The molecule has 0 saturated carbocycles.